The van der Waals surface area contributed by atoms with Crippen molar-refractivity contribution in [2.75, 3.05) is 5.73 Å². The van der Waals surface area contributed by atoms with Crippen molar-refractivity contribution < 1.29 is 0 Å². The van der Waals surface area contributed by atoms with Crippen molar-refractivity contribution >= 4 is 5.82 Å². The molecule has 2 aromatic rings. The van der Waals surface area contributed by atoms with Crippen LogP contribution < -0.4 is 5.73 Å². The molecule has 18 heavy (non-hydrogen) atoms. The molecule has 1 aliphatic rings. The van der Waals surface area contributed by atoms with Gasteiger partial charge < -0.3 is 5.73 Å². The number of hydrogen-bond donors (Lipinski definition) is 1. The van der Waals surface area contributed by atoms with Gasteiger partial charge in [0.25, 0.3) is 0 Å². The van der Waals surface area contributed by atoms with Crippen LogP contribution in [-0.4, -0.2) is 14.8 Å². The third-order valence-electron chi connectivity index (χ3n) is 3.67. The van der Waals surface area contributed by atoms with Gasteiger partial charge in [0, 0.05) is 30.6 Å². The first-order valence-electron chi connectivity index (χ1n) is 6.46. The van der Waals surface area contributed by atoms with E-state index in [0.29, 0.717) is 0 Å². The molecule has 94 valence electrons. The van der Waals surface area contributed by atoms with E-state index < -0.39 is 0 Å². The molecule has 1 fully saturated rings. The van der Waals surface area contributed by atoms with Crippen molar-refractivity contribution in [3.05, 3.63) is 30.6 Å². The maximum absolute atomic E-state index is 6.02. The molecule has 0 bridgehead atoms. The number of rotatable bonds is 3. The summed E-state index contributed by atoms with van der Waals surface area (Å²) >= 11 is 0. The summed E-state index contributed by atoms with van der Waals surface area (Å²) in [5.74, 6) is 2.35. The molecule has 1 saturated carbocycles. The molecule has 0 aliphatic heterocycles. The Morgan fingerprint density at radius 2 is 2.28 bits per heavy atom. The fraction of sp³-hybridized carbons (Fsp3) is 0.429. The first-order valence-corrected chi connectivity index (χ1v) is 6.46. The average Bonchev–Trinajstić information content (AvgIpc) is 2.70. The number of anilines is 1. The van der Waals surface area contributed by atoms with Gasteiger partial charge in [-0.1, -0.05) is 6.92 Å². The van der Waals surface area contributed by atoms with E-state index in [2.05, 4.69) is 17.0 Å². The fourth-order valence-electron chi connectivity index (χ4n) is 2.70. The van der Waals surface area contributed by atoms with Gasteiger partial charge in [0.05, 0.1) is 5.69 Å². The Hall–Kier alpha value is -1.84. The summed E-state index contributed by atoms with van der Waals surface area (Å²) in [6.45, 7) is 3.24. The Balaban J connectivity index is 1.78. The monoisotopic (exact) mass is 242 g/mol. The maximum Gasteiger partial charge on any atom is 0.122 e. The van der Waals surface area contributed by atoms with Crippen molar-refractivity contribution in [2.24, 2.45) is 11.8 Å². The molecule has 0 aromatic carbocycles. The second-order valence-electron chi connectivity index (χ2n) is 5.32. The molecule has 0 spiro atoms. The molecule has 2 aromatic heterocycles. The zero-order valence-electron chi connectivity index (χ0n) is 10.6. The number of nitrogen functional groups attached to an aromatic ring is 1. The van der Waals surface area contributed by atoms with Crippen LogP contribution in [0.1, 0.15) is 19.8 Å². The number of aromatic nitrogens is 3. The van der Waals surface area contributed by atoms with Gasteiger partial charge in [-0.3, -0.25) is 4.98 Å². The maximum atomic E-state index is 6.02. The van der Waals surface area contributed by atoms with Crippen LogP contribution in [0.2, 0.25) is 0 Å². The van der Waals surface area contributed by atoms with Crippen molar-refractivity contribution in [2.45, 2.75) is 26.3 Å². The summed E-state index contributed by atoms with van der Waals surface area (Å²) in [5.41, 5.74) is 7.95. The van der Waals surface area contributed by atoms with Crippen molar-refractivity contribution in [3.8, 4) is 11.3 Å². The zero-order valence-corrected chi connectivity index (χ0v) is 10.6. The van der Waals surface area contributed by atoms with Gasteiger partial charge in [-0.25, -0.2) is 4.68 Å². The van der Waals surface area contributed by atoms with Gasteiger partial charge in [0.15, 0.2) is 0 Å². The highest BCUT2D eigenvalue weighted by Gasteiger charge is 2.26. The summed E-state index contributed by atoms with van der Waals surface area (Å²) < 4.78 is 1.93. The van der Waals surface area contributed by atoms with Crippen LogP contribution >= 0.6 is 0 Å². The molecular weight excluding hydrogens is 224 g/mol. The average molecular weight is 242 g/mol. The molecular formula is C14H18N4. The number of nitrogens with zero attached hydrogens (tertiary/aromatic N) is 3. The zero-order chi connectivity index (χ0) is 12.5. The molecule has 2 heterocycles. The highest BCUT2D eigenvalue weighted by molar-refractivity contribution is 5.61. The first kappa shape index (κ1) is 11.3. The lowest BCUT2D eigenvalue weighted by Crippen LogP contribution is -2.26. The van der Waals surface area contributed by atoms with Gasteiger partial charge in [0.2, 0.25) is 0 Å². The molecule has 0 amide bonds. The minimum absolute atomic E-state index is 0.740. The predicted molar refractivity (Wildman–Crippen MR) is 71.8 cm³/mol. The van der Waals surface area contributed by atoms with Crippen LogP contribution in [0.25, 0.3) is 11.3 Å². The third-order valence-corrected chi connectivity index (χ3v) is 3.67. The van der Waals surface area contributed by atoms with E-state index >= 15 is 0 Å². The summed E-state index contributed by atoms with van der Waals surface area (Å²) in [6, 6.07) is 5.85. The van der Waals surface area contributed by atoms with Crippen molar-refractivity contribution in [1.29, 1.82) is 0 Å². The van der Waals surface area contributed by atoms with E-state index in [1.165, 1.54) is 12.8 Å². The van der Waals surface area contributed by atoms with Crippen LogP contribution in [0.3, 0.4) is 0 Å². The topological polar surface area (TPSA) is 56.7 Å². The van der Waals surface area contributed by atoms with Gasteiger partial charge in [-0.15, -0.1) is 0 Å². The van der Waals surface area contributed by atoms with Crippen molar-refractivity contribution in [1.82, 2.24) is 14.8 Å². The summed E-state index contributed by atoms with van der Waals surface area (Å²) in [5, 5.41) is 4.58. The Kier molecular flexibility index (Phi) is 2.78. The van der Waals surface area contributed by atoms with Crippen LogP contribution in [0.4, 0.5) is 5.82 Å². The van der Waals surface area contributed by atoms with Crippen LogP contribution in [0.15, 0.2) is 30.6 Å². The van der Waals surface area contributed by atoms with Gasteiger partial charge in [0.1, 0.15) is 5.82 Å². The minimum atomic E-state index is 0.740. The first-order chi connectivity index (χ1) is 8.72. The Labute approximate surface area is 107 Å². The standard InChI is InChI=1S/C14H18N4/c1-10-5-11(6-10)9-18-14(15)7-13(17-18)12-3-2-4-16-8-12/h2-4,7-8,10-11H,5-6,9,15H2,1H3. The van der Waals surface area contributed by atoms with E-state index in [0.717, 1.165) is 35.5 Å². The molecule has 2 N–H and O–H groups in total. The van der Waals surface area contributed by atoms with E-state index in [4.69, 9.17) is 5.73 Å². The van der Waals surface area contributed by atoms with E-state index in [1.807, 2.05) is 29.1 Å². The molecule has 4 heteroatoms. The lowest BCUT2D eigenvalue weighted by atomic mass is 9.76. The molecule has 1 aliphatic carbocycles. The second-order valence-corrected chi connectivity index (χ2v) is 5.32. The largest absolute Gasteiger partial charge is 0.384 e. The number of pyridine rings is 1. The van der Waals surface area contributed by atoms with Crippen LogP contribution in [0, 0.1) is 11.8 Å². The normalized spacial score (nSPS) is 22.7. The van der Waals surface area contributed by atoms with Crippen molar-refractivity contribution in [3.63, 3.8) is 0 Å². The van der Waals surface area contributed by atoms with Crippen LogP contribution in [-0.2, 0) is 6.54 Å². The summed E-state index contributed by atoms with van der Waals surface area (Å²) in [6.07, 6.45) is 6.17. The molecule has 0 atom stereocenters. The molecule has 3 rings (SSSR count). The smallest absolute Gasteiger partial charge is 0.122 e. The summed E-state index contributed by atoms with van der Waals surface area (Å²) in [7, 11) is 0. The quantitative estimate of drug-likeness (QED) is 0.900. The second kappa shape index (κ2) is 4.44. The number of hydrogen-bond acceptors (Lipinski definition) is 3. The molecule has 0 radical (unpaired) electrons. The highest BCUT2D eigenvalue weighted by Crippen LogP contribution is 2.34. The van der Waals surface area contributed by atoms with E-state index in [-0.39, 0.29) is 0 Å². The predicted octanol–water partition coefficient (Wildman–Crippen LogP) is 2.57. The van der Waals surface area contributed by atoms with E-state index in [1.54, 1.807) is 6.20 Å². The third kappa shape index (κ3) is 2.10. The molecule has 0 saturated heterocycles. The van der Waals surface area contributed by atoms with Crippen LogP contribution in [0.5, 0.6) is 0 Å². The van der Waals surface area contributed by atoms with Gasteiger partial charge in [-0.05, 0) is 36.8 Å². The molecule has 4 nitrogen and oxygen atoms in total. The van der Waals surface area contributed by atoms with Gasteiger partial charge >= 0.3 is 0 Å². The van der Waals surface area contributed by atoms with E-state index in [9.17, 15) is 0 Å². The highest BCUT2D eigenvalue weighted by atomic mass is 15.3. The Morgan fingerprint density at radius 1 is 1.44 bits per heavy atom. The SMILES string of the molecule is CC1CC(Cn2nc(-c3cccnc3)cc2N)C1. The summed E-state index contributed by atoms with van der Waals surface area (Å²) in [4.78, 5) is 4.11. The minimum Gasteiger partial charge on any atom is -0.384 e. The molecule has 0 unspecified atom stereocenters. The lowest BCUT2D eigenvalue weighted by molar-refractivity contribution is 0.183. The fourth-order valence-corrected chi connectivity index (χ4v) is 2.70. The Bertz CT molecular complexity index is 526. The van der Waals surface area contributed by atoms with Gasteiger partial charge in [-0.2, -0.15) is 5.10 Å². The Morgan fingerprint density at radius 3 is 2.94 bits per heavy atom. The number of nitrogens with two attached hydrogens (primary N) is 1. The lowest BCUT2D eigenvalue weighted by Gasteiger charge is -2.32.